The molecule has 0 saturated heterocycles. The van der Waals surface area contributed by atoms with Crippen LogP contribution in [-0.4, -0.2) is 57.6 Å². The minimum absolute atomic E-state index is 0.0410. The van der Waals surface area contributed by atoms with Gasteiger partial charge < -0.3 is 15.0 Å². The SMILES string of the molecule is CCNC(=O)C(C)N(Cc1ccccc1Cl)C(=O)CN(c1cc(C)ccc1OC)S(C)(=O)=O. The number of halogens is 1. The van der Waals surface area contributed by atoms with Crippen molar-refractivity contribution in [2.75, 3.05) is 30.8 Å². The van der Waals surface area contributed by atoms with Crippen molar-refractivity contribution >= 4 is 39.1 Å². The van der Waals surface area contributed by atoms with E-state index < -0.39 is 28.5 Å². The summed E-state index contributed by atoms with van der Waals surface area (Å²) in [6.45, 7) is 5.11. The lowest BCUT2D eigenvalue weighted by Gasteiger charge is -2.32. The summed E-state index contributed by atoms with van der Waals surface area (Å²) in [4.78, 5) is 27.4. The zero-order valence-corrected chi connectivity index (χ0v) is 21.0. The second kappa shape index (κ2) is 11.4. The number of ether oxygens (including phenoxy) is 1. The van der Waals surface area contributed by atoms with Crippen LogP contribution in [0.5, 0.6) is 5.75 Å². The number of methoxy groups -OCH3 is 1. The van der Waals surface area contributed by atoms with Crippen LogP contribution in [-0.2, 0) is 26.2 Å². The van der Waals surface area contributed by atoms with E-state index in [2.05, 4.69) is 5.32 Å². The number of rotatable bonds is 10. The van der Waals surface area contributed by atoms with Gasteiger partial charge in [0.15, 0.2) is 0 Å². The largest absolute Gasteiger partial charge is 0.495 e. The number of hydrogen-bond acceptors (Lipinski definition) is 5. The maximum Gasteiger partial charge on any atom is 0.244 e. The number of aryl methyl sites for hydroxylation is 1. The molecule has 0 bridgehead atoms. The van der Waals surface area contributed by atoms with Crippen molar-refractivity contribution in [1.29, 1.82) is 0 Å². The maximum absolute atomic E-state index is 13.5. The minimum atomic E-state index is -3.85. The van der Waals surface area contributed by atoms with Crippen LogP contribution in [0.25, 0.3) is 0 Å². The Kier molecular flexibility index (Phi) is 9.13. The molecule has 10 heteroatoms. The molecule has 0 aliphatic heterocycles. The number of carbonyl (C=O) groups excluding carboxylic acids is 2. The van der Waals surface area contributed by atoms with Gasteiger partial charge in [-0.05, 0) is 50.1 Å². The Labute approximate surface area is 200 Å². The van der Waals surface area contributed by atoms with E-state index in [9.17, 15) is 18.0 Å². The van der Waals surface area contributed by atoms with Gasteiger partial charge in [-0.2, -0.15) is 0 Å². The molecule has 33 heavy (non-hydrogen) atoms. The third-order valence-electron chi connectivity index (χ3n) is 5.10. The first kappa shape index (κ1) is 26.5. The number of hydrogen-bond donors (Lipinski definition) is 1. The lowest BCUT2D eigenvalue weighted by Crippen LogP contribution is -2.51. The molecule has 2 amide bonds. The van der Waals surface area contributed by atoms with Crippen molar-refractivity contribution in [2.45, 2.75) is 33.4 Å². The van der Waals surface area contributed by atoms with Gasteiger partial charge in [-0.25, -0.2) is 8.42 Å². The van der Waals surface area contributed by atoms with Gasteiger partial charge >= 0.3 is 0 Å². The Morgan fingerprint density at radius 2 is 1.85 bits per heavy atom. The van der Waals surface area contributed by atoms with Gasteiger partial charge in [0.25, 0.3) is 0 Å². The van der Waals surface area contributed by atoms with Crippen LogP contribution in [0, 0.1) is 6.92 Å². The molecular formula is C23H30ClN3O5S. The van der Waals surface area contributed by atoms with Crippen LogP contribution in [0.1, 0.15) is 25.0 Å². The highest BCUT2D eigenvalue weighted by Crippen LogP contribution is 2.31. The average molecular weight is 496 g/mol. The van der Waals surface area contributed by atoms with E-state index in [0.717, 1.165) is 16.1 Å². The Morgan fingerprint density at radius 1 is 1.18 bits per heavy atom. The quantitative estimate of drug-likeness (QED) is 0.546. The van der Waals surface area contributed by atoms with Crippen molar-refractivity contribution < 1.29 is 22.7 Å². The number of nitrogens with zero attached hydrogens (tertiary/aromatic N) is 2. The van der Waals surface area contributed by atoms with E-state index in [1.165, 1.54) is 12.0 Å². The van der Waals surface area contributed by atoms with Gasteiger partial charge in [0.05, 0.1) is 19.1 Å². The highest BCUT2D eigenvalue weighted by molar-refractivity contribution is 7.92. The Morgan fingerprint density at radius 3 is 2.42 bits per heavy atom. The van der Waals surface area contributed by atoms with Gasteiger partial charge in [0.2, 0.25) is 21.8 Å². The van der Waals surface area contributed by atoms with Crippen molar-refractivity contribution in [3.05, 3.63) is 58.6 Å². The standard InChI is InChI=1S/C23H30ClN3O5S/c1-6-25-23(29)17(3)26(14-18-9-7-8-10-19(18)24)22(28)15-27(33(5,30)31)20-13-16(2)11-12-21(20)32-4/h7-13,17H,6,14-15H2,1-5H3,(H,25,29). The molecule has 1 N–H and O–H groups in total. The van der Waals surface area contributed by atoms with Crippen molar-refractivity contribution in [2.24, 2.45) is 0 Å². The van der Waals surface area contributed by atoms with Crippen molar-refractivity contribution in [3.8, 4) is 5.75 Å². The second-order valence-electron chi connectivity index (χ2n) is 7.63. The van der Waals surface area contributed by atoms with Gasteiger partial charge in [-0.1, -0.05) is 35.9 Å². The van der Waals surface area contributed by atoms with E-state index in [1.807, 2.05) is 6.92 Å². The minimum Gasteiger partial charge on any atom is -0.495 e. The van der Waals surface area contributed by atoms with E-state index in [1.54, 1.807) is 56.3 Å². The van der Waals surface area contributed by atoms with E-state index in [-0.39, 0.29) is 18.1 Å². The van der Waals surface area contributed by atoms with Gasteiger partial charge in [0.1, 0.15) is 18.3 Å². The van der Waals surface area contributed by atoms with Crippen molar-refractivity contribution in [1.82, 2.24) is 10.2 Å². The molecule has 0 radical (unpaired) electrons. The number of likely N-dealkylation sites (N-methyl/N-ethyl adjacent to an activating group) is 1. The van der Waals surface area contributed by atoms with Crippen molar-refractivity contribution in [3.63, 3.8) is 0 Å². The summed E-state index contributed by atoms with van der Waals surface area (Å²) in [5, 5.41) is 3.15. The summed E-state index contributed by atoms with van der Waals surface area (Å²) >= 11 is 6.29. The molecule has 1 atom stereocenters. The Balaban J connectivity index is 2.47. The zero-order valence-electron chi connectivity index (χ0n) is 19.5. The van der Waals surface area contributed by atoms with Crippen LogP contribution in [0.2, 0.25) is 5.02 Å². The Hall–Kier alpha value is -2.78. The highest BCUT2D eigenvalue weighted by atomic mass is 35.5. The molecule has 180 valence electrons. The molecule has 0 fully saturated rings. The Bertz CT molecular complexity index is 1110. The molecule has 0 aromatic heterocycles. The number of carbonyl (C=O) groups is 2. The summed E-state index contributed by atoms with van der Waals surface area (Å²) in [6, 6.07) is 11.2. The fourth-order valence-corrected chi connectivity index (χ4v) is 4.34. The third kappa shape index (κ3) is 6.85. The fourth-order valence-electron chi connectivity index (χ4n) is 3.30. The zero-order chi connectivity index (χ0) is 24.8. The lowest BCUT2D eigenvalue weighted by molar-refractivity contribution is -0.139. The topological polar surface area (TPSA) is 96.0 Å². The number of amides is 2. The fraction of sp³-hybridized carbons (Fsp3) is 0.391. The second-order valence-corrected chi connectivity index (χ2v) is 9.94. The third-order valence-corrected chi connectivity index (χ3v) is 6.59. The summed E-state index contributed by atoms with van der Waals surface area (Å²) in [5.74, 6) is -0.590. The van der Waals surface area contributed by atoms with E-state index in [4.69, 9.17) is 16.3 Å². The van der Waals surface area contributed by atoms with Crippen LogP contribution in [0.4, 0.5) is 5.69 Å². The molecule has 0 aliphatic carbocycles. The number of anilines is 1. The maximum atomic E-state index is 13.5. The molecule has 2 rings (SSSR count). The van der Waals surface area contributed by atoms with Crippen LogP contribution in [0.15, 0.2) is 42.5 Å². The summed E-state index contributed by atoms with van der Waals surface area (Å²) in [7, 11) is -2.43. The predicted molar refractivity (Wildman–Crippen MR) is 130 cm³/mol. The average Bonchev–Trinajstić information content (AvgIpc) is 2.75. The number of nitrogens with one attached hydrogen (secondary N) is 1. The van der Waals surface area contributed by atoms with Gasteiger partial charge in [-0.15, -0.1) is 0 Å². The smallest absolute Gasteiger partial charge is 0.244 e. The highest BCUT2D eigenvalue weighted by Gasteiger charge is 2.31. The van der Waals surface area contributed by atoms with E-state index in [0.29, 0.717) is 22.9 Å². The summed E-state index contributed by atoms with van der Waals surface area (Å²) in [5.41, 5.74) is 1.69. The first-order chi connectivity index (χ1) is 15.5. The van der Waals surface area contributed by atoms with Crippen LogP contribution in [0.3, 0.4) is 0 Å². The number of sulfonamides is 1. The van der Waals surface area contributed by atoms with Gasteiger partial charge in [-0.3, -0.25) is 13.9 Å². The molecule has 0 spiro atoms. The molecule has 1 unspecified atom stereocenters. The van der Waals surface area contributed by atoms with E-state index >= 15 is 0 Å². The summed E-state index contributed by atoms with van der Waals surface area (Å²) < 4.78 is 31.7. The first-order valence-electron chi connectivity index (χ1n) is 10.4. The van der Waals surface area contributed by atoms with Crippen LogP contribution < -0.4 is 14.4 Å². The molecule has 0 aliphatic rings. The molecule has 2 aromatic rings. The normalized spacial score (nSPS) is 12.1. The molecule has 2 aromatic carbocycles. The predicted octanol–water partition coefficient (Wildman–Crippen LogP) is 2.98. The molecule has 0 heterocycles. The molecule has 8 nitrogen and oxygen atoms in total. The number of benzene rings is 2. The molecular weight excluding hydrogens is 466 g/mol. The monoisotopic (exact) mass is 495 g/mol. The lowest BCUT2D eigenvalue weighted by atomic mass is 10.1. The summed E-state index contributed by atoms with van der Waals surface area (Å²) in [6.07, 6.45) is 1.02. The van der Waals surface area contributed by atoms with Gasteiger partial charge in [0, 0.05) is 18.1 Å². The van der Waals surface area contributed by atoms with Crippen LogP contribution >= 0.6 is 11.6 Å². The molecule has 0 saturated carbocycles. The first-order valence-corrected chi connectivity index (χ1v) is 12.6.